The Morgan fingerprint density at radius 2 is 1.70 bits per heavy atom. The number of pyridine rings is 1. The zero-order valence-electron chi connectivity index (χ0n) is 16.6. The van der Waals surface area contributed by atoms with Crippen LogP contribution in [0.15, 0.2) is 79.1 Å². The van der Waals surface area contributed by atoms with Gasteiger partial charge in [-0.2, -0.15) is 13.2 Å². The van der Waals surface area contributed by atoms with Gasteiger partial charge in [0.25, 0.3) is 0 Å². The molecule has 0 amide bonds. The van der Waals surface area contributed by atoms with Crippen molar-refractivity contribution in [2.45, 2.75) is 19.0 Å². The third-order valence-corrected chi connectivity index (χ3v) is 5.52. The standard InChI is InChI=1S/C25H23F3N2/c26-25(27,28)24-5-1-3-22(17-24)21-11-15-30(16-12-21)14-10-19-6-8-20(9-7-19)23-4-2-13-29-18-23/h1-9,11,13,17-18H,10,12,14-16H2. The molecule has 0 N–H and O–H groups in total. The van der Waals surface area contributed by atoms with Gasteiger partial charge in [0.15, 0.2) is 0 Å². The second-order valence-electron chi connectivity index (χ2n) is 7.55. The van der Waals surface area contributed by atoms with Crippen LogP contribution in [0.25, 0.3) is 16.7 Å². The second-order valence-corrected chi connectivity index (χ2v) is 7.55. The third-order valence-electron chi connectivity index (χ3n) is 5.52. The van der Waals surface area contributed by atoms with Gasteiger partial charge >= 0.3 is 6.18 Å². The Bertz CT molecular complexity index is 1010. The summed E-state index contributed by atoms with van der Waals surface area (Å²) >= 11 is 0. The van der Waals surface area contributed by atoms with Crippen LogP contribution in [0.2, 0.25) is 0 Å². The molecule has 0 fully saturated rings. The fourth-order valence-corrected chi connectivity index (χ4v) is 3.76. The number of halogens is 3. The molecule has 1 aliphatic heterocycles. The monoisotopic (exact) mass is 408 g/mol. The molecule has 3 aromatic rings. The van der Waals surface area contributed by atoms with Crippen molar-refractivity contribution >= 4 is 5.57 Å². The zero-order chi connectivity index (χ0) is 21.0. The lowest BCUT2D eigenvalue weighted by atomic mass is 9.97. The number of benzene rings is 2. The van der Waals surface area contributed by atoms with Crippen LogP contribution < -0.4 is 0 Å². The molecule has 2 heterocycles. The highest BCUT2D eigenvalue weighted by Crippen LogP contribution is 2.32. The van der Waals surface area contributed by atoms with Crippen LogP contribution in [0.3, 0.4) is 0 Å². The van der Waals surface area contributed by atoms with Crippen LogP contribution in [-0.2, 0) is 12.6 Å². The quantitative estimate of drug-likeness (QED) is 0.507. The maximum absolute atomic E-state index is 12.9. The molecule has 30 heavy (non-hydrogen) atoms. The van der Waals surface area contributed by atoms with Gasteiger partial charge in [-0.15, -0.1) is 0 Å². The average molecular weight is 408 g/mol. The van der Waals surface area contributed by atoms with Gasteiger partial charge in [0.05, 0.1) is 5.56 Å². The molecule has 0 unspecified atom stereocenters. The molecule has 1 aromatic heterocycles. The summed E-state index contributed by atoms with van der Waals surface area (Å²) in [4.78, 5) is 6.50. The molecule has 154 valence electrons. The van der Waals surface area contributed by atoms with E-state index in [1.165, 1.54) is 17.7 Å². The molecule has 0 aliphatic carbocycles. The van der Waals surface area contributed by atoms with Crippen LogP contribution in [0.1, 0.15) is 23.1 Å². The van der Waals surface area contributed by atoms with E-state index in [-0.39, 0.29) is 0 Å². The summed E-state index contributed by atoms with van der Waals surface area (Å²) in [5.41, 5.74) is 4.62. The van der Waals surface area contributed by atoms with E-state index in [4.69, 9.17) is 0 Å². The lowest BCUT2D eigenvalue weighted by Crippen LogP contribution is -2.30. The number of aromatic nitrogens is 1. The van der Waals surface area contributed by atoms with E-state index in [1.54, 1.807) is 12.3 Å². The summed E-state index contributed by atoms with van der Waals surface area (Å²) in [6.45, 7) is 2.55. The second kappa shape index (κ2) is 8.84. The molecule has 4 rings (SSSR count). The van der Waals surface area contributed by atoms with Crippen LogP contribution >= 0.6 is 0 Å². The number of alkyl halides is 3. The summed E-state index contributed by atoms with van der Waals surface area (Å²) in [7, 11) is 0. The summed E-state index contributed by atoms with van der Waals surface area (Å²) in [5, 5.41) is 0. The minimum atomic E-state index is -4.30. The first-order valence-electron chi connectivity index (χ1n) is 10.1. The van der Waals surface area contributed by atoms with E-state index >= 15 is 0 Å². The lowest BCUT2D eigenvalue weighted by molar-refractivity contribution is -0.137. The van der Waals surface area contributed by atoms with Gasteiger partial charge in [0.1, 0.15) is 0 Å². The molecule has 0 saturated heterocycles. The van der Waals surface area contributed by atoms with Gasteiger partial charge in [-0.05, 0) is 58.9 Å². The van der Waals surface area contributed by atoms with Crippen molar-refractivity contribution in [1.82, 2.24) is 9.88 Å². The Morgan fingerprint density at radius 1 is 0.900 bits per heavy atom. The number of rotatable bonds is 5. The summed E-state index contributed by atoms with van der Waals surface area (Å²) in [6, 6.07) is 18.1. The Balaban J connectivity index is 1.33. The van der Waals surface area contributed by atoms with Crippen LogP contribution in [-0.4, -0.2) is 29.5 Å². The van der Waals surface area contributed by atoms with Gasteiger partial charge in [-0.3, -0.25) is 9.88 Å². The maximum atomic E-state index is 12.9. The van der Waals surface area contributed by atoms with Gasteiger partial charge < -0.3 is 0 Å². The minimum absolute atomic E-state index is 0.585. The smallest absolute Gasteiger partial charge is 0.299 e. The SMILES string of the molecule is FC(F)(F)c1cccc(C2=CCN(CCc3ccc(-c4cccnc4)cc3)CC2)c1. The number of nitrogens with zero attached hydrogens (tertiary/aromatic N) is 2. The number of hydrogen-bond donors (Lipinski definition) is 0. The van der Waals surface area contributed by atoms with E-state index in [2.05, 4.69) is 40.2 Å². The van der Waals surface area contributed by atoms with Gasteiger partial charge in [0, 0.05) is 32.0 Å². The van der Waals surface area contributed by atoms with E-state index < -0.39 is 11.7 Å². The Labute approximate surface area is 174 Å². The van der Waals surface area contributed by atoms with Gasteiger partial charge in [0.2, 0.25) is 0 Å². The van der Waals surface area contributed by atoms with Crippen LogP contribution in [0.5, 0.6) is 0 Å². The zero-order valence-corrected chi connectivity index (χ0v) is 16.6. The van der Waals surface area contributed by atoms with Gasteiger partial charge in [-0.25, -0.2) is 0 Å². The Kier molecular flexibility index (Phi) is 6.00. The highest BCUT2D eigenvalue weighted by Gasteiger charge is 2.30. The van der Waals surface area contributed by atoms with Crippen molar-refractivity contribution in [2.24, 2.45) is 0 Å². The van der Waals surface area contributed by atoms with E-state index in [1.807, 2.05) is 18.3 Å². The van der Waals surface area contributed by atoms with Crippen molar-refractivity contribution in [3.05, 3.63) is 95.8 Å². The molecule has 0 radical (unpaired) electrons. The van der Waals surface area contributed by atoms with E-state index in [0.29, 0.717) is 5.56 Å². The first-order chi connectivity index (χ1) is 14.5. The highest BCUT2D eigenvalue weighted by atomic mass is 19.4. The molecule has 5 heteroatoms. The summed E-state index contributed by atoms with van der Waals surface area (Å²) < 4.78 is 38.8. The molecule has 1 aliphatic rings. The van der Waals surface area contributed by atoms with E-state index in [9.17, 15) is 13.2 Å². The van der Waals surface area contributed by atoms with E-state index in [0.717, 1.165) is 55.2 Å². The molecule has 0 saturated carbocycles. The summed E-state index contributed by atoms with van der Waals surface area (Å²) in [6.07, 6.45) is 3.09. The van der Waals surface area contributed by atoms with Crippen molar-refractivity contribution in [3.63, 3.8) is 0 Å². The number of hydrogen-bond acceptors (Lipinski definition) is 2. The molecular weight excluding hydrogens is 385 g/mol. The highest BCUT2D eigenvalue weighted by molar-refractivity contribution is 5.67. The lowest BCUT2D eigenvalue weighted by Gasteiger charge is -2.26. The fourth-order valence-electron chi connectivity index (χ4n) is 3.76. The van der Waals surface area contributed by atoms with Crippen molar-refractivity contribution < 1.29 is 13.2 Å². The topological polar surface area (TPSA) is 16.1 Å². The summed E-state index contributed by atoms with van der Waals surface area (Å²) in [5.74, 6) is 0. The predicted octanol–water partition coefficient (Wildman–Crippen LogP) is 6.10. The largest absolute Gasteiger partial charge is 0.416 e. The fraction of sp³-hybridized carbons (Fsp3) is 0.240. The maximum Gasteiger partial charge on any atom is 0.416 e. The molecule has 0 spiro atoms. The average Bonchev–Trinajstić information content (AvgIpc) is 2.78. The molecule has 2 aromatic carbocycles. The van der Waals surface area contributed by atoms with Crippen LogP contribution in [0, 0.1) is 0 Å². The molecular formula is C25H23F3N2. The Morgan fingerprint density at radius 3 is 2.37 bits per heavy atom. The van der Waals surface area contributed by atoms with Crippen molar-refractivity contribution in [1.29, 1.82) is 0 Å². The predicted molar refractivity (Wildman–Crippen MR) is 114 cm³/mol. The van der Waals surface area contributed by atoms with Crippen LogP contribution in [0.4, 0.5) is 13.2 Å². The normalized spacial score (nSPS) is 15.1. The van der Waals surface area contributed by atoms with Crippen molar-refractivity contribution in [2.75, 3.05) is 19.6 Å². The molecule has 0 bridgehead atoms. The van der Waals surface area contributed by atoms with Crippen molar-refractivity contribution in [3.8, 4) is 11.1 Å². The minimum Gasteiger partial charge on any atom is -0.299 e. The third kappa shape index (κ3) is 4.97. The first-order valence-corrected chi connectivity index (χ1v) is 10.1. The molecule has 0 atom stereocenters. The Hall–Kier alpha value is -2.92. The molecule has 2 nitrogen and oxygen atoms in total. The van der Waals surface area contributed by atoms with Gasteiger partial charge in [-0.1, -0.05) is 48.5 Å². The first kappa shape index (κ1) is 20.4.